The van der Waals surface area contributed by atoms with E-state index in [1.165, 1.54) is 12.1 Å². The van der Waals surface area contributed by atoms with Crippen LogP contribution in [0.2, 0.25) is 0 Å². The number of carbonyl (C=O) groups is 1. The van der Waals surface area contributed by atoms with Gasteiger partial charge in [0, 0.05) is 23.6 Å². The summed E-state index contributed by atoms with van der Waals surface area (Å²) >= 11 is 0. The van der Waals surface area contributed by atoms with Gasteiger partial charge >= 0.3 is 0 Å². The zero-order valence-electron chi connectivity index (χ0n) is 14.7. The zero-order chi connectivity index (χ0) is 19.3. The monoisotopic (exact) mass is 372 g/mol. The summed E-state index contributed by atoms with van der Waals surface area (Å²) < 4.78 is 0. The molecule has 0 aliphatic carbocycles. The number of hydrogen-bond donors (Lipinski definition) is 3. The van der Waals surface area contributed by atoms with Crippen LogP contribution in [0.15, 0.2) is 60.7 Å². The number of amides is 1. The van der Waals surface area contributed by atoms with Crippen molar-refractivity contribution in [1.29, 1.82) is 0 Å². The molecule has 5 rings (SSSR count). The minimum Gasteiger partial charge on any atom is -0.504 e. The van der Waals surface area contributed by atoms with Gasteiger partial charge in [-0.2, -0.15) is 4.80 Å². The van der Waals surface area contributed by atoms with Crippen molar-refractivity contribution in [2.24, 2.45) is 0 Å². The van der Waals surface area contributed by atoms with E-state index in [4.69, 9.17) is 0 Å². The molecular weight excluding hydrogens is 356 g/mol. The normalized spacial score (nSPS) is 16.0. The Hall–Kier alpha value is -3.87. The lowest BCUT2D eigenvalue weighted by Gasteiger charge is -2.26. The highest BCUT2D eigenvalue weighted by molar-refractivity contribution is 5.99. The van der Waals surface area contributed by atoms with Crippen molar-refractivity contribution in [1.82, 2.24) is 15.0 Å². The second-order valence-corrected chi connectivity index (χ2v) is 6.77. The Morgan fingerprint density at radius 2 is 1.79 bits per heavy atom. The molecule has 1 amide bonds. The summed E-state index contributed by atoms with van der Waals surface area (Å²) in [5, 5.41) is 31.7. The second kappa shape index (κ2) is 6.09. The number of aromatic nitrogens is 3. The maximum atomic E-state index is 12.3. The van der Waals surface area contributed by atoms with E-state index in [2.05, 4.69) is 15.5 Å². The van der Waals surface area contributed by atoms with Crippen molar-refractivity contribution in [2.75, 3.05) is 5.32 Å². The summed E-state index contributed by atoms with van der Waals surface area (Å²) in [6.07, 6.45) is 0.217. The Morgan fingerprint density at radius 3 is 2.57 bits per heavy atom. The van der Waals surface area contributed by atoms with Gasteiger partial charge in [0.25, 0.3) is 0 Å². The number of benzene rings is 3. The first kappa shape index (κ1) is 16.3. The second-order valence-electron chi connectivity index (χ2n) is 6.77. The first-order valence-electron chi connectivity index (χ1n) is 8.87. The van der Waals surface area contributed by atoms with Gasteiger partial charge in [-0.1, -0.05) is 24.3 Å². The molecule has 7 nitrogen and oxygen atoms in total. The number of phenols is 2. The van der Waals surface area contributed by atoms with E-state index in [1.54, 1.807) is 10.9 Å². The molecule has 0 unspecified atom stereocenters. The van der Waals surface area contributed by atoms with E-state index in [0.717, 1.165) is 16.8 Å². The number of phenolic OH excluding ortho intramolecular Hbond substituents is 2. The van der Waals surface area contributed by atoms with Gasteiger partial charge in [-0.25, -0.2) is 0 Å². The molecule has 0 radical (unpaired) electrons. The third kappa shape index (κ3) is 2.56. The van der Waals surface area contributed by atoms with Crippen LogP contribution in [0, 0.1) is 0 Å². The van der Waals surface area contributed by atoms with Crippen molar-refractivity contribution in [2.45, 2.75) is 12.3 Å². The van der Waals surface area contributed by atoms with E-state index >= 15 is 0 Å². The molecule has 0 saturated heterocycles. The van der Waals surface area contributed by atoms with Crippen molar-refractivity contribution in [3.8, 4) is 17.2 Å². The molecule has 0 bridgehead atoms. The molecular formula is C21H16N4O3. The van der Waals surface area contributed by atoms with Gasteiger partial charge in [0.1, 0.15) is 11.0 Å². The first-order chi connectivity index (χ1) is 13.6. The molecule has 1 aliphatic heterocycles. The molecule has 3 aromatic carbocycles. The molecule has 1 atom stereocenters. The van der Waals surface area contributed by atoms with Crippen molar-refractivity contribution >= 4 is 22.6 Å². The van der Waals surface area contributed by atoms with Gasteiger partial charge in [-0.05, 0) is 42.0 Å². The van der Waals surface area contributed by atoms with Gasteiger partial charge in [0.15, 0.2) is 11.5 Å². The van der Waals surface area contributed by atoms with Gasteiger partial charge in [-0.3, -0.25) is 4.79 Å². The van der Waals surface area contributed by atoms with Crippen LogP contribution in [0.4, 0.5) is 5.69 Å². The SMILES string of the molecule is O=C1C[C@H](c2ccc(O)c(O)c2)c2c(ccc3nn(-c4ccccc4)nc23)N1. The van der Waals surface area contributed by atoms with Crippen molar-refractivity contribution < 1.29 is 15.0 Å². The van der Waals surface area contributed by atoms with Crippen LogP contribution in [0.3, 0.4) is 0 Å². The Balaban J connectivity index is 1.72. The number of rotatable bonds is 2. The molecule has 2 heterocycles. The molecule has 3 N–H and O–H groups in total. The predicted octanol–water partition coefficient (Wildman–Crippen LogP) is 3.31. The largest absolute Gasteiger partial charge is 0.504 e. The van der Waals surface area contributed by atoms with Crippen LogP contribution in [0.1, 0.15) is 23.5 Å². The van der Waals surface area contributed by atoms with Crippen molar-refractivity contribution in [3.05, 3.63) is 71.8 Å². The average molecular weight is 372 g/mol. The molecule has 138 valence electrons. The molecule has 7 heteroatoms. The number of anilines is 1. The predicted molar refractivity (Wildman–Crippen MR) is 104 cm³/mol. The summed E-state index contributed by atoms with van der Waals surface area (Å²) in [7, 11) is 0. The van der Waals surface area contributed by atoms with Gasteiger partial charge in [0.2, 0.25) is 5.91 Å². The van der Waals surface area contributed by atoms with Crippen LogP contribution < -0.4 is 5.32 Å². The molecule has 4 aromatic rings. The van der Waals surface area contributed by atoms with Crippen molar-refractivity contribution in [3.63, 3.8) is 0 Å². The number of nitrogens with one attached hydrogen (secondary N) is 1. The number of nitrogens with zero attached hydrogens (tertiary/aromatic N) is 3. The van der Waals surface area contributed by atoms with E-state index < -0.39 is 0 Å². The third-order valence-corrected chi connectivity index (χ3v) is 4.99. The topological polar surface area (TPSA) is 100 Å². The van der Waals surface area contributed by atoms with Crippen LogP contribution in [-0.4, -0.2) is 31.1 Å². The maximum Gasteiger partial charge on any atom is 0.225 e. The Morgan fingerprint density at radius 1 is 0.964 bits per heavy atom. The summed E-state index contributed by atoms with van der Waals surface area (Å²) in [6, 6.07) is 17.9. The van der Waals surface area contributed by atoms with Crippen LogP contribution in [0.25, 0.3) is 16.7 Å². The minimum absolute atomic E-state index is 0.111. The molecule has 0 spiro atoms. The van der Waals surface area contributed by atoms with Crippen LogP contribution in [0.5, 0.6) is 11.5 Å². The number of hydrogen-bond acceptors (Lipinski definition) is 5. The minimum atomic E-state index is -0.306. The lowest BCUT2D eigenvalue weighted by Crippen LogP contribution is -2.23. The van der Waals surface area contributed by atoms with E-state index in [9.17, 15) is 15.0 Å². The fourth-order valence-corrected chi connectivity index (χ4v) is 3.67. The molecule has 1 aromatic heterocycles. The van der Waals surface area contributed by atoms with Crippen LogP contribution in [-0.2, 0) is 4.79 Å². The number of para-hydroxylation sites is 1. The fourth-order valence-electron chi connectivity index (χ4n) is 3.67. The number of fused-ring (bicyclic) bond motifs is 3. The lowest BCUT2D eigenvalue weighted by molar-refractivity contribution is -0.116. The maximum absolute atomic E-state index is 12.3. The Bertz CT molecular complexity index is 1220. The summed E-state index contributed by atoms with van der Waals surface area (Å²) in [6.45, 7) is 0. The van der Waals surface area contributed by atoms with Gasteiger partial charge in [0.05, 0.1) is 5.69 Å². The standard InChI is InChI=1S/C21H16N4O3/c26-17-9-6-12(10-18(17)27)14-11-19(28)22-15-7-8-16-21(20(14)15)24-25(23-16)13-4-2-1-3-5-13/h1-10,14,26-27H,11H2,(H,22,28)/t14-/m1/s1. The van der Waals surface area contributed by atoms with E-state index in [0.29, 0.717) is 16.7 Å². The third-order valence-electron chi connectivity index (χ3n) is 4.99. The van der Waals surface area contributed by atoms with E-state index in [1.807, 2.05) is 42.5 Å². The number of carbonyl (C=O) groups excluding carboxylic acids is 1. The molecule has 28 heavy (non-hydrogen) atoms. The number of aromatic hydroxyl groups is 2. The quantitative estimate of drug-likeness (QED) is 0.469. The Kier molecular flexibility index (Phi) is 3.55. The summed E-state index contributed by atoms with van der Waals surface area (Å²) in [4.78, 5) is 13.8. The smallest absolute Gasteiger partial charge is 0.225 e. The highest BCUT2D eigenvalue weighted by atomic mass is 16.3. The molecule has 0 fully saturated rings. The van der Waals surface area contributed by atoms with Gasteiger partial charge in [-0.15, -0.1) is 10.2 Å². The summed E-state index contributed by atoms with van der Waals surface area (Å²) in [5.74, 6) is -0.831. The zero-order valence-corrected chi connectivity index (χ0v) is 14.7. The summed E-state index contributed by atoms with van der Waals surface area (Å²) in [5.41, 5.74) is 4.51. The first-order valence-corrected chi connectivity index (χ1v) is 8.87. The molecule has 1 aliphatic rings. The van der Waals surface area contributed by atoms with Gasteiger partial charge < -0.3 is 15.5 Å². The highest BCUT2D eigenvalue weighted by Crippen LogP contribution is 2.42. The Labute approximate surface area is 159 Å². The lowest BCUT2D eigenvalue weighted by atomic mass is 9.84. The van der Waals surface area contributed by atoms with E-state index in [-0.39, 0.29) is 29.7 Å². The fraction of sp³-hybridized carbons (Fsp3) is 0.0952. The van der Waals surface area contributed by atoms with Crippen LogP contribution >= 0.6 is 0 Å². The average Bonchev–Trinajstić information content (AvgIpc) is 3.14. The highest BCUT2D eigenvalue weighted by Gasteiger charge is 2.30. The molecule has 0 saturated carbocycles.